The molecule has 0 spiro atoms. The number of nitrogens with zero attached hydrogens (tertiary/aromatic N) is 1. The lowest BCUT2D eigenvalue weighted by molar-refractivity contribution is 0.0593. The minimum Gasteiger partial charge on any atom is -0.490 e. The number of ether oxygens (including phenoxy) is 3. The fourth-order valence-corrected chi connectivity index (χ4v) is 4.71. The molecule has 0 radical (unpaired) electrons. The lowest BCUT2D eigenvalue weighted by Gasteiger charge is -2.26. The molecule has 0 aliphatic carbocycles. The molecule has 3 aromatic rings. The molecule has 1 aromatic heterocycles. The molecule has 2 aromatic carbocycles. The van der Waals surface area contributed by atoms with Gasteiger partial charge in [-0.3, -0.25) is 9.59 Å². The van der Waals surface area contributed by atoms with Crippen molar-refractivity contribution in [3.05, 3.63) is 69.6 Å². The predicted molar refractivity (Wildman–Crippen MR) is 144 cm³/mol. The van der Waals surface area contributed by atoms with Crippen LogP contribution in [0.3, 0.4) is 0 Å². The Morgan fingerprint density at radius 2 is 1.76 bits per heavy atom. The Hall–Kier alpha value is -3.32. The van der Waals surface area contributed by atoms with Gasteiger partial charge in [0.15, 0.2) is 16.9 Å². The van der Waals surface area contributed by atoms with E-state index in [4.69, 9.17) is 18.6 Å². The van der Waals surface area contributed by atoms with Crippen molar-refractivity contribution in [3.8, 4) is 11.5 Å². The van der Waals surface area contributed by atoms with E-state index in [-0.39, 0.29) is 23.2 Å². The molecule has 1 unspecified atom stereocenters. The first-order valence-corrected chi connectivity index (χ1v) is 13.3. The van der Waals surface area contributed by atoms with E-state index >= 15 is 0 Å². The third-order valence-corrected chi connectivity index (χ3v) is 6.46. The first-order chi connectivity index (χ1) is 18.0. The number of rotatable bonds is 13. The Kier molecular flexibility index (Phi) is 8.87. The van der Waals surface area contributed by atoms with Gasteiger partial charge in [0, 0.05) is 13.2 Å². The van der Waals surface area contributed by atoms with Gasteiger partial charge in [0.1, 0.15) is 5.58 Å². The largest absolute Gasteiger partial charge is 0.490 e. The zero-order valence-electron chi connectivity index (χ0n) is 22.2. The van der Waals surface area contributed by atoms with Crippen LogP contribution < -0.4 is 14.9 Å². The van der Waals surface area contributed by atoms with Crippen molar-refractivity contribution in [1.29, 1.82) is 0 Å². The highest BCUT2D eigenvalue weighted by Crippen LogP contribution is 2.41. The van der Waals surface area contributed by atoms with Crippen molar-refractivity contribution < 1.29 is 23.4 Å². The number of benzene rings is 2. The summed E-state index contributed by atoms with van der Waals surface area (Å²) in [4.78, 5) is 29.0. The number of hydrogen-bond acceptors (Lipinski definition) is 6. The molecule has 0 N–H and O–H groups in total. The summed E-state index contributed by atoms with van der Waals surface area (Å²) in [5.74, 6) is 1.08. The average molecular weight is 508 g/mol. The maximum atomic E-state index is 13.7. The first-order valence-electron chi connectivity index (χ1n) is 13.3. The topological polar surface area (TPSA) is 78.2 Å². The molecule has 0 saturated heterocycles. The summed E-state index contributed by atoms with van der Waals surface area (Å²) in [7, 11) is 0. The number of carbonyl (C=O) groups is 1. The van der Waals surface area contributed by atoms with Crippen molar-refractivity contribution in [2.45, 2.75) is 65.5 Å². The third kappa shape index (κ3) is 5.82. The van der Waals surface area contributed by atoms with Crippen LogP contribution in [0.5, 0.6) is 11.5 Å². The molecule has 7 heteroatoms. The fraction of sp³-hybridized carbons (Fsp3) is 0.467. The van der Waals surface area contributed by atoms with Crippen LogP contribution in [0.15, 0.2) is 51.7 Å². The van der Waals surface area contributed by atoms with Crippen LogP contribution in [0.25, 0.3) is 11.0 Å². The molecule has 2 heterocycles. The van der Waals surface area contributed by atoms with Crippen molar-refractivity contribution in [2.24, 2.45) is 0 Å². The zero-order valence-corrected chi connectivity index (χ0v) is 22.2. The first kappa shape index (κ1) is 26.7. The highest BCUT2D eigenvalue weighted by Gasteiger charge is 2.42. The van der Waals surface area contributed by atoms with Gasteiger partial charge in [-0.2, -0.15) is 0 Å². The highest BCUT2D eigenvalue weighted by atomic mass is 16.5. The standard InChI is InChI=1S/C30H37NO6/c1-5-7-10-17-36-24-15-14-21(19-25(24)34-6-2)27-26-28(32)22-12-8-9-13-23(22)37-29(26)30(33)31(27)16-11-18-35-20(3)4/h8-9,12-15,19-20,27H,5-7,10-11,16-18H2,1-4H3. The van der Waals surface area contributed by atoms with Gasteiger partial charge in [-0.1, -0.05) is 38.0 Å². The van der Waals surface area contributed by atoms with Gasteiger partial charge in [0.25, 0.3) is 5.91 Å². The van der Waals surface area contributed by atoms with Gasteiger partial charge >= 0.3 is 0 Å². The smallest absolute Gasteiger partial charge is 0.290 e. The molecule has 198 valence electrons. The zero-order chi connectivity index (χ0) is 26.4. The van der Waals surface area contributed by atoms with Gasteiger partial charge in [-0.25, -0.2) is 0 Å². The number of para-hydroxylation sites is 1. The van der Waals surface area contributed by atoms with E-state index < -0.39 is 6.04 Å². The van der Waals surface area contributed by atoms with Crippen LogP contribution in [-0.4, -0.2) is 43.3 Å². The monoisotopic (exact) mass is 507 g/mol. The predicted octanol–water partition coefficient (Wildman–Crippen LogP) is 6.12. The Labute approximate surface area is 218 Å². The van der Waals surface area contributed by atoms with E-state index in [9.17, 15) is 9.59 Å². The van der Waals surface area contributed by atoms with Crippen LogP contribution in [0.4, 0.5) is 0 Å². The maximum absolute atomic E-state index is 13.7. The Bertz CT molecular complexity index is 1280. The lowest BCUT2D eigenvalue weighted by Crippen LogP contribution is -2.31. The fourth-order valence-electron chi connectivity index (χ4n) is 4.71. The van der Waals surface area contributed by atoms with Gasteiger partial charge in [-0.05, 0) is 63.4 Å². The number of hydrogen-bond donors (Lipinski definition) is 0. The van der Waals surface area contributed by atoms with E-state index in [1.54, 1.807) is 29.2 Å². The minimum absolute atomic E-state index is 0.106. The van der Waals surface area contributed by atoms with E-state index in [0.29, 0.717) is 60.8 Å². The summed E-state index contributed by atoms with van der Waals surface area (Å²) in [6, 6.07) is 12.1. The Morgan fingerprint density at radius 1 is 0.946 bits per heavy atom. The second-order valence-corrected chi connectivity index (χ2v) is 9.54. The van der Waals surface area contributed by atoms with E-state index in [2.05, 4.69) is 6.92 Å². The summed E-state index contributed by atoms with van der Waals surface area (Å²) in [5, 5.41) is 0.463. The summed E-state index contributed by atoms with van der Waals surface area (Å²) in [6.45, 7) is 10.1. The number of amides is 1. The maximum Gasteiger partial charge on any atom is 0.290 e. The summed E-state index contributed by atoms with van der Waals surface area (Å²) in [6.07, 6.45) is 3.93. The van der Waals surface area contributed by atoms with Crippen LogP contribution >= 0.6 is 0 Å². The van der Waals surface area contributed by atoms with E-state index in [0.717, 1.165) is 24.8 Å². The van der Waals surface area contributed by atoms with Crippen molar-refractivity contribution in [1.82, 2.24) is 4.90 Å². The van der Waals surface area contributed by atoms with Crippen molar-refractivity contribution in [2.75, 3.05) is 26.4 Å². The summed E-state index contributed by atoms with van der Waals surface area (Å²) in [5.41, 5.74) is 1.37. The van der Waals surface area contributed by atoms with Gasteiger partial charge in [0.05, 0.1) is 36.3 Å². The lowest BCUT2D eigenvalue weighted by atomic mass is 9.98. The molecule has 37 heavy (non-hydrogen) atoms. The number of fused-ring (bicyclic) bond motifs is 2. The molecule has 0 bridgehead atoms. The molecular formula is C30H37NO6. The average Bonchev–Trinajstić information content (AvgIpc) is 3.17. The third-order valence-electron chi connectivity index (χ3n) is 6.46. The summed E-state index contributed by atoms with van der Waals surface area (Å²) < 4.78 is 23.7. The molecule has 4 rings (SSSR count). The van der Waals surface area contributed by atoms with Crippen LogP contribution in [0.1, 0.15) is 81.1 Å². The van der Waals surface area contributed by atoms with Gasteiger partial charge in [-0.15, -0.1) is 0 Å². The molecule has 1 atom stereocenters. The Balaban J connectivity index is 1.74. The summed E-state index contributed by atoms with van der Waals surface area (Å²) >= 11 is 0. The van der Waals surface area contributed by atoms with Crippen LogP contribution in [-0.2, 0) is 4.74 Å². The molecular weight excluding hydrogens is 470 g/mol. The second-order valence-electron chi connectivity index (χ2n) is 9.54. The Morgan fingerprint density at radius 3 is 2.51 bits per heavy atom. The molecule has 1 aliphatic heterocycles. The quantitative estimate of drug-likeness (QED) is 0.259. The molecule has 1 aliphatic rings. The van der Waals surface area contributed by atoms with Crippen LogP contribution in [0, 0.1) is 0 Å². The van der Waals surface area contributed by atoms with Gasteiger partial charge < -0.3 is 23.5 Å². The number of unbranched alkanes of at least 4 members (excludes halogenated alkanes) is 2. The highest BCUT2D eigenvalue weighted by molar-refractivity contribution is 5.99. The molecule has 0 saturated carbocycles. The van der Waals surface area contributed by atoms with E-state index in [1.807, 2.05) is 39.0 Å². The van der Waals surface area contributed by atoms with Gasteiger partial charge in [0.2, 0.25) is 5.76 Å². The van der Waals surface area contributed by atoms with Crippen molar-refractivity contribution in [3.63, 3.8) is 0 Å². The molecule has 1 amide bonds. The van der Waals surface area contributed by atoms with E-state index in [1.165, 1.54) is 0 Å². The number of carbonyl (C=O) groups excluding carboxylic acids is 1. The second kappa shape index (κ2) is 12.3. The molecule has 0 fully saturated rings. The SMILES string of the molecule is CCCCCOc1ccc(C2c3c(oc4ccccc4c3=O)C(=O)N2CCCOC(C)C)cc1OCC. The van der Waals surface area contributed by atoms with Crippen molar-refractivity contribution >= 4 is 16.9 Å². The van der Waals surface area contributed by atoms with Crippen LogP contribution in [0.2, 0.25) is 0 Å². The normalized spacial score (nSPS) is 15.0. The molecule has 7 nitrogen and oxygen atoms in total. The minimum atomic E-state index is -0.587.